The highest BCUT2D eigenvalue weighted by Gasteiger charge is 2.53. The molecule has 0 aromatic carbocycles. The van der Waals surface area contributed by atoms with Gasteiger partial charge in [0, 0.05) is 19.6 Å². The van der Waals surface area contributed by atoms with Crippen LogP contribution >= 0.6 is 0 Å². The molecule has 0 spiro atoms. The molecule has 0 atom stereocenters. The van der Waals surface area contributed by atoms with Crippen LogP contribution in [0.15, 0.2) is 0 Å². The fourth-order valence-corrected chi connectivity index (χ4v) is 2.19. The van der Waals surface area contributed by atoms with Crippen molar-refractivity contribution in [1.82, 2.24) is 5.32 Å². The lowest BCUT2D eigenvalue weighted by Gasteiger charge is -2.14. The molecule has 14 heavy (non-hydrogen) atoms. The van der Waals surface area contributed by atoms with Crippen LogP contribution in [0.1, 0.15) is 38.5 Å². The van der Waals surface area contributed by atoms with Crippen molar-refractivity contribution in [2.75, 3.05) is 13.2 Å². The Balaban J connectivity index is 1.64. The molecule has 0 aliphatic heterocycles. The lowest BCUT2D eigenvalue weighted by molar-refractivity contribution is -0.121. The minimum Gasteiger partial charge on any atom is -0.396 e. The Morgan fingerprint density at radius 3 is 2.64 bits per heavy atom. The van der Waals surface area contributed by atoms with Gasteiger partial charge in [0.05, 0.1) is 0 Å². The lowest BCUT2D eigenvalue weighted by Crippen LogP contribution is -2.31. The van der Waals surface area contributed by atoms with E-state index < -0.39 is 0 Å². The summed E-state index contributed by atoms with van der Waals surface area (Å²) in [5.41, 5.74) is 0.495. The summed E-state index contributed by atoms with van der Waals surface area (Å²) in [6, 6.07) is 0. The quantitative estimate of drug-likeness (QED) is 0.669. The number of aliphatic hydroxyl groups is 1. The minimum absolute atomic E-state index is 0.103. The van der Waals surface area contributed by atoms with Crippen LogP contribution < -0.4 is 5.32 Å². The van der Waals surface area contributed by atoms with Gasteiger partial charge in [0.2, 0.25) is 5.91 Å². The molecule has 2 rings (SSSR count). The molecule has 2 N–H and O–H groups in total. The van der Waals surface area contributed by atoms with Crippen LogP contribution in [-0.2, 0) is 4.79 Å². The molecule has 80 valence electrons. The Kier molecular flexibility index (Phi) is 2.77. The van der Waals surface area contributed by atoms with Crippen LogP contribution in [-0.4, -0.2) is 24.2 Å². The monoisotopic (exact) mass is 197 g/mol. The second-order valence-corrected chi connectivity index (χ2v) is 4.74. The third-order valence-electron chi connectivity index (χ3n) is 3.54. The van der Waals surface area contributed by atoms with Crippen molar-refractivity contribution in [1.29, 1.82) is 0 Å². The Morgan fingerprint density at radius 2 is 2.14 bits per heavy atom. The van der Waals surface area contributed by atoms with E-state index in [-0.39, 0.29) is 12.5 Å². The molecule has 0 bridgehead atoms. The smallest absolute Gasteiger partial charge is 0.220 e. The predicted molar refractivity (Wildman–Crippen MR) is 53.7 cm³/mol. The van der Waals surface area contributed by atoms with Crippen LogP contribution in [0.3, 0.4) is 0 Å². The number of hydrogen-bond acceptors (Lipinski definition) is 2. The van der Waals surface area contributed by atoms with Gasteiger partial charge in [-0.1, -0.05) is 0 Å². The maximum absolute atomic E-state index is 11.3. The average molecular weight is 197 g/mol. The van der Waals surface area contributed by atoms with Crippen molar-refractivity contribution in [3.8, 4) is 0 Å². The van der Waals surface area contributed by atoms with Crippen LogP contribution in [0.25, 0.3) is 0 Å². The Bertz CT molecular complexity index is 219. The van der Waals surface area contributed by atoms with E-state index >= 15 is 0 Å². The summed E-state index contributed by atoms with van der Waals surface area (Å²) in [5, 5.41) is 11.6. The van der Waals surface area contributed by atoms with Crippen LogP contribution in [0.5, 0.6) is 0 Å². The average Bonchev–Trinajstić information content (AvgIpc) is 3.03. The zero-order valence-electron chi connectivity index (χ0n) is 8.59. The minimum atomic E-state index is 0.103. The highest BCUT2D eigenvalue weighted by atomic mass is 16.3. The molecule has 2 aliphatic rings. The van der Waals surface area contributed by atoms with E-state index in [1.807, 2.05) is 0 Å². The summed E-state index contributed by atoms with van der Waals surface area (Å²) in [4.78, 5) is 11.3. The molecule has 2 aliphatic carbocycles. The van der Waals surface area contributed by atoms with E-state index in [1.165, 1.54) is 25.7 Å². The van der Waals surface area contributed by atoms with E-state index in [0.29, 0.717) is 18.3 Å². The van der Waals surface area contributed by atoms with Crippen molar-refractivity contribution in [3.63, 3.8) is 0 Å². The summed E-state index contributed by atoms with van der Waals surface area (Å²) in [6.07, 6.45) is 6.40. The van der Waals surface area contributed by atoms with Gasteiger partial charge in [0.1, 0.15) is 0 Å². The zero-order valence-corrected chi connectivity index (χ0v) is 8.59. The number of carbonyl (C=O) groups is 1. The molecule has 0 unspecified atom stereocenters. The number of aliphatic hydroxyl groups excluding tert-OH is 1. The van der Waals surface area contributed by atoms with E-state index in [0.717, 1.165) is 12.5 Å². The zero-order chi connectivity index (χ0) is 10.0. The van der Waals surface area contributed by atoms with Crippen molar-refractivity contribution in [2.24, 2.45) is 11.3 Å². The standard InChI is InChI=1S/C11H19NO2/c13-7-1-2-10(14)12-8-11(5-6-11)9-3-4-9/h9,13H,1-8H2,(H,12,14). The van der Waals surface area contributed by atoms with Gasteiger partial charge >= 0.3 is 0 Å². The molecule has 0 aromatic heterocycles. The first-order valence-electron chi connectivity index (χ1n) is 5.64. The first-order chi connectivity index (χ1) is 6.77. The molecule has 0 radical (unpaired) electrons. The third kappa shape index (κ3) is 2.27. The molecule has 1 amide bonds. The van der Waals surface area contributed by atoms with Gasteiger partial charge in [0.15, 0.2) is 0 Å². The van der Waals surface area contributed by atoms with Gasteiger partial charge in [-0.25, -0.2) is 0 Å². The highest BCUT2D eigenvalue weighted by Crippen LogP contribution is 2.60. The first-order valence-corrected chi connectivity index (χ1v) is 5.64. The van der Waals surface area contributed by atoms with Crippen molar-refractivity contribution < 1.29 is 9.90 Å². The normalized spacial score (nSPS) is 23.2. The number of amides is 1. The van der Waals surface area contributed by atoms with Gasteiger partial charge in [-0.3, -0.25) is 4.79 Å². The maximum Gasteiger partial charge on any atom is 0.220 e. The van der Waals surface area contributed by atoms with Crippen LogP contribution in [0, 0.1) is 11.3 Å². The molecule has 3 nitrogen and oxygen atoms in total. The first kappa shape index (κ1) is 9.97. The second-order valence-electron chi connectivity index (χ2n) is 4.74. The molecular weight excluding hydrogens is 178 g/mol. The Morgan fingerprint density at radius 1 is 1.43 bits per heavy atom. The fourth-order valence-electron chi connectivity index (χ4n) is 2.19. The SMILES string of the molecule is O=C(CCCO)NCC1(C2CC2)CC1. The Labute approximate surface area is 84.9 Å². The van der Waals surface area contributed by atoms with Crippen molar-refractivity contribution >= 4 is 5.91 Å². The third-order valence-corrected chi connectivity index (χ3v) is 3.54. The van der Waals surface area contributed by atoms with E-state index in [4.69, 9.17) is 5.11 Å². The van der Waals surface area contributed by atoms with Crippen LogP contribution in [0.4, 0.5) is 0 Å². The van der Waals surface area contributed by atoms with Crippen molar-refractivity contribution in [2.45, 2.75) is 38.5 Å². The predicted octanol–water partition coefficient (Wildman–Crippen LogP) is 1.07. The van der Waals surface area contributed by atoms with E-state index in [9.17, 15) is 4.79 Å². The number of hydrogen-bond donors (Lipinski definition) is 2. The Hall–Kier alpha value is -0.570. The molecule has 3 heteroatoms. The topological polar surface area (TPSA) is 49.3 Å². The lowest BCUT2D eigenvalue weighted by atomic mass is 10.0. The fraction of sp³-hybridized carbons (Fsp3) is 0.909. The van der Waals surface area contributed by atoms with Gasteiger partial charge in [0.25, 0.3) is 0 Å². The maximum atomic E-state index is 11.3. The summed E-state index contributed by atoms with van der Waals surface area (Å²) in [7, 11) is 0. The molecule has 0 heterocycles. The summed E-state index contributed by atoms with van der Waals surface area (Å²) in [5.74, 6) is 1.01. The van der Waals surface area contributed by atoms with Crippen LogP contribution in [0.2, 0.25) is 0 Å². The number of nitrogens with one attached hydrogen (secondary N) is 1. The molecule has 0 saturated heterocycles. The molecule has 2 fully saturated rings. The summed E-state index contributed by atoms with van der Waals surface area (Å²) in [6.45, 7) is 0.989. The van der Waals surface area contributed by atoms with Gasteiger partial charge < -0.3 is 10.4 Å². The van der Waals surface area contributed by atoms with Crippen molar-refractivity contribution in [3.05, 3.63) is 0 Å². The highest BCUT2D eigenvalue weighted by molar-refractivity contribution is 5.75. The van der Waals surface area contributed by atoms with E-state index in [1.54, 1.807) is 0 Å². The molecular formula is C11H19NO2. The summed E-state index contributed by atoms with van der Waals surface area (Å²) < 4.78 is 0. The van der Waals surface area contributed by atoms with Gasteiger partial charge in [-0.15, -0.1) is 0 Å². The number of rotatable bonds is 6. The largest absolute Gasteiger partial charge is 0.396 e. The van der Waals surface area contributed by atoms with E-state index in [2.05, 4.69) is 5.32 Å². The molecule has 2 saturated carbocycles. The number of carbonyl (C=O) groups excluding carboxylic acids is 1. The van der Waals surface area contributed by atoms with Gasteiger partial charge in [-0.2, -0.15) is 0 Å². The van der Waals surface area contributed by atoms with Gasteiger partial charge in [-0.05, 0) is 43.4 Å². The summed E-state index contributed by atoms with van der Waals surface area (Å²) >= 11 is 0. The molecule has 0 aromatic rings. The second kappa shape index (κ2) is 3.89.